The largest absolute Gasteiger partial charge is 0.340 e. The van der Waals surface area contributed by atoms with Crippen molar-refractivity contribution >= 4 is 23.7 Å². The van der Waals surface area contributed by atoms with Crippen LogP contribution in [0.15, 0.2) is 97.1 Å². The Balaban J connectivity index is 1.62. The van der Waals surface area contributed by atoms with Gasteiger partial charge in [0.05, 0.1) is 11.4 Å². The van der Waals surface area contributed by atoms with Gasteiger partial charge in [0.1, 0.15) is 11.9 Å². The van der Waals surface area contributed by atoms with Crippen LogP contribution >= 0.6 is 0 Å². The fraction of sp³-hybridized carbons (Fsp3) is 0.219. The van der Waals surface area contributed by atoms with Gasteiger partial charge >= 0.3 is 0 Å². The first-order valence-corrected chi connectivity index (χ1v) is 12.8. The SMILES string of the molecule is Cc1ccccc1-n1nc(C(C)(C)C)cc1NC(=O)C(Cc1ccccc1)NC(=O)C=Cc1ccccc1. The summed E-state index contributed by atoms with van der Waals surface area (Å²) < 4.78 is 1.77. The Labute approximate surface area is 224 Å². The molecule has 4 rings (SSSR count). The molecule has 1 heterocycles. The molecule has 0 fully saturated rings. The maximum Gasteiger partial charge on any atom is 0.248 e. The second-order valence-electron chi connectivity index (χ2n) is 10.3. The first kappa shape index (κ1) is 26.6. The molecule has 0 aliphatic rings. The summed E-state index contributed by atoms with van der Waals surface area (Å²) in [4.78, 5) is 26.5. The predicted octanol–water partition coefficient (Wildman–Crippen LogP) is 5.86. The molecule has 6 heteroatoms. The number of aryl methyl sites for hydroxylation is 1. The number of nitrogens with zero attached hydrogens (tertiary/aromatic N) is 2. The molecule has 0 aliphatic carbocycles. The molecule has 3 aromatic carbocycles. The quantitative estimate of drug-likeness (QED) is 0.294. The van der Waals surface area contributed by atoms with E-state index in [-0.39, 0.29) is 17.2 Å². The van der Waals surface area contributed by atoms with Gasteiger partial charge in [0.15, 0.2) is 0 Å². The molecule has 0 saturated carbocycles. The summed E-state index contributed by atoms with van der Waals surface area (Å²) in [5.74, 6) is -0.0976. The second-order valence-corrected chi connectivity index (χ2v) is 10.3. The number of amides is 2. The predicted molar refractivity (Wildman–Crippen MR) is 153 cm³/mol. The van der Waals surface area contributed by atoms with E-state index in [2.05, 4.69) is 31.4 Å². The van der Waals surface area contributed by atoms with Crippen LogP contribution in [0, 0.1) is 6.92 Å². The fourth-order valence-corrected chi connectivity index (χ4v) is 4.05. The highest BCUT2D eigenvalue weighted by molar-refractivity contribution is 6.00. The van der Waals surface area contributed by atoms with Crippen molar-refractivity contribution in [1.82, 2.24) is 15.1 Å². The van der Waals surface area contributed by atoms with E-state index >= 15 is 0 Å². The molecule has 1 aromatic heterocycles. The van der Waals surface area contributed by atoms with Gasteiger partial charge in [-0.3, -0.25) is 9.59 Å². The number of carbonyl (C=O) groups is 2. The third-order valence-corrected chi connectivity index (χ3v) is 6.22. The molecular weight excluding hydrogens is 472 g/mol. The van der Waals surface area contributed by atoms with E-state index in [1.807, 2.05) is 97.9 Å². The van der Waals surface area contributed by atoms with Crippen LogP contribution in [-0.2, 0) is 21.4 Å². The van der Waals surface area contributed by atoms with Crippen LogP contribution in [0.1, 0.15) is 43.2 Å². The highest BCUT2D eigenvalue weighted by Gasteiger charge is 2.25. The Morgan fingerprint density at radius 1 is 0.921 bits per heavy atom. The van der Waals surface area contributed by atoms with E-state index in [1.165, 1.54) is 6.08 Å². The van der Waals surface area contributed by atoms with Gasteiger partial charge in [0.2, 0.25) is 11.8 Å². The Morgan fingerprint density at radius 3 is 2.21 bits per heavy atom. The normalized spacial score (nSPS) is 12.3. The first-order valence-electron chi connectivity index (χ1n) is 12.8. The summed E-state index contributed by atoms with van der Waals surface area (Å²) in [7, 11) is 0. The number of para-hydroxylation sites is 1. The number of benzene rings is 3. The van der Waals surface area contributed by atoms with Gasteiger partial charge in [0.25, 0.3) is 0 Å². The molecule has 38 heavy (non-hydrogen) atoms. The number of nitrogens with one attached hydrogen (secondary N) is 2. The van der Waals surface area contributed by atoms with Crippen LogP contribution < -0.4 is 10.6 Å². The minimum Gasteiger partial charge on any atom is -0.340 e. The van der Waals surface area contributed by atoms with Crippen LogP contribution in [0.25, 0.3) is 11.8 Å². The van der Waals surface area contributed by atoms with Gasteiger partial charge in [-0.1, -0.05) is 99.6 Å². The zero-order valence-corrected chi connectivity index (χ0v) is 22.3. The highest BCUT2D eigenvalue weighted by Crippen LogP contribution is 2.27. The van der Waals surface area contributed by atoms with Crippen molar-refractivity contribution in [3.63, 3.8) is 0 Å². The van der Waals surface area contributed by atoms with E-state index in [0.717, 1.165) is 28.1 Å². The van der Waals surface area contributed by atoms with Crippen molar-refractivity contribution in [2.45, 2.75) is 45.6 Å². The topological polar surface area (TPSA) is 76.0 Å². The van der Waals surface area contributed by atoms with Crippen molar-refractivity contribution in [2.75, 3.05) is 5.32 Å². The number of hydrogen-bond acceptors (Lipinski definition) is 3. The second kappa shape index (κ2) is 11.7. The Bertz CT molecular complexity index is 1420. The number of carbonyl (C=O) groups excluding carboxylic acids is 2. The monoisotopic (exact) mass is 506 g/mol. The molecule has 1 atom stereocenters. The van der Waals surface area contributed by atoms with Gasteiger partial charge in [-0.05, 0) is 35.8 Å². The Kier molecular flexibility index (Phi) is 8.22. The molecule has 0 bridgehead atoms. The highest BCUT2D eigenvalue weighted by atomic mass is 16.2. The molecule has 0 aliphatic heterocycles. The molecule has 0 radical (unpaired) electrons. The van der Waals surface area contributed by atoms with Crippen LogP contribution in [0.3, 0.4) is 0 Å². The van der Waals surface area contributed by atoms with Gasteiger partial charge in [-0.2, -0.15) is 5.10 Å². The van der Waals surface area contributed by atoms with Gasteiger partial charge in [-0.15, -0.1) is 0 Å². The van der Waals surface area contributed by atoms with Crippen LogP contribution in [-0.4, -0.2) is 27.6 Å². The van der Waals surface area contributed by atoms with E-state index in [0.29, 0.717) is 12.2 Å². The van der Waals surface area contributed by atoms with Crippen molar-refractivity contribution < 1.29 is 9.59 Å². The van der Waals surface area contributed by atoms with E-state index in [1.54, 1.807) is 10.8 Å². The van der Waals surface area contributed by atoms with Crippen LogP contribution in [0.4, 0.5) is 5.82 Å². The van der Waals surface area contributed by atoms with Gasteiger partial charge in [-0.25, -0.2) is 4.68 Å². The third kappa shape index (κ3) is 6.85. The minimum atomic E-state index is -0.788. The van der Waals surface area contributed by atoms with Crippen molar-refractivity contribution in [2.24, 2.45) is 0 Å². The van der Waals surface area contributed by atoms with Gasteiger partial charge in [0, 0.05) is 24.0 Å². The Morgan fingerprint density at radius 2 is 1.55 bits per heavy atom. The first-order chi connectivity index (χ1) is 18.2. The number of anilines is 1. The lowest BCUT2D eigenvalue weighted by Crippen LogP contribution is -2.45. The summed E-state index contributed by atoms with van der Waals surface area (Å²) in [5, 5.41) is 10.8. The maximum absolute atomic E-state index is 13.7. The zero-order valence-electron chi connectivity index (χ0n) is 22.3. The standard InChI is InChI=1S/C32H34N4O2/c1-23-13-11-12-18-27(23)36-29(22-28(35-36)32(2,3)4)34-31(38)26(21-25-16-9-6-10-17-25)33-30(37)20-19-24-14-7-5-8-15-24/h5-20,22,26H,21H2,1-4H3,(H,33,37)(H,34,38). The minimum absolute atomic E-state index is 0.215. The van der Waals surface area contributed by atoms with Crippen molar-refractivity contribution in [1.29, 1.82) is 0 Å². The summed E-state index contributed by atoms with van der Waals surface area (Å²) in [6.07, 6.45) is 3.54. The molecule has 194 valence electrons. The lowest BCUT2D eigenvalue weighted by molar-refractivity contribution is -0.123. The molecular formula is C32H34N4O2. The molecule has 2 amide bonds. The lowest BCUT2D eigenvalue weighted by atomic mass is 9.92. The van der Waals surface area contributed by atoms with Crippen molar-refractivity contribution in [3.05, 3.63) is 119 Å². The van der Waals surface area contributed by atoms with E-state index in [4.69, 9.17) is 5.10 Å². The summed E-state index contributed by atoms with van der Waals surface area (Å²) in [6, 6.07) is 28.2. The number of aromatic nitrogens is 2. The lowest BCUT2D eigenvalue weighted by Gasteiger charge is -2.19. The molecule has 6 nitrogen and oxygen atoms in total. The average Bonchev–Trinajstić information content (AvgIpc) is 3.33. The third-order valence-electron chi connectivity index (χ3n) is 6.22. The molecule has 0 saturated heterocycles. The van der Waals surface area contributed by atoms with Crippen molar-refractivity contribution in [3.8, 4) is 5.69 Å². The van der Waals surface area contributed by atoms with E-state index in [9.17, 15) is 9.59 Å². The smallest absolute Gasteiger partial charge is 0.248 e. The summed E-state index contributed by atoms with van der Waals surface area (Å²) in [5.41, 5.74) is 4.41. The summed E-state index contributed by atoms with van der Waals surface area (Å²) in [6.45, 7) is 8.26. The van der Waals surface area contributed by atoms with Gasteiger partial charge < -0.3 is 10.6 Å². The Hall–Kier alpha value is -4.45. The number of rotatable bonds is 8. The molecule has 4 aromatic rings. The zero-order chi connectivity index (χ0) is 27.1. The molecule has 1 unspecified atom stereocenters. The van der Waals surface area contributed by atoms with Crippen LogP contribution in [0.5, 0.6) is 0 Å². The number of hydrogen-bond donors (Lipinski definition) is 2. The average molecular weight is 507 g/mol. The summed E-state index contributed by atoms with van der Waals surface area (Å²) >= 11 is 0. The molecule has 0 spiro atoms. The van der Waals surface area contributed by atoms with E-state index < -0.39 is 6.04 Å². The van der Waals surface area contributed by atoms with Crippen LogP contribution in [0.2, 0.25) is 0 Å². The fourth-order valence-electron chi connectivity index (χ4n) is 4.05. The molecule has 2 N–H and O–H groups in total. The maximum atomic E-state index is 13.7.